The summed E-state index contributed by atoms with van der Waals surface area (Å²) in [5.74, 6) is 0.811. The monoisotopic (exact) mass is 407 g/mol. The average Bonchev–Trinajstić information content (AvgIpc) is 3.11. The van der Waals surface area contributed by atoms with Crippen molar-refractivity contribution in [1.82, 2.24) is 15.1 Å². The van der Waals surface area contributed by atoms with E-state index in [4.69, 9.17) is 0 Å². The molecule has 3 aliphatic heterocycles. The van der Waals surface area contributed by atoms with Crippen molar-refractivity contribution in [3.63, 3.8) is 0 Å². The molecule has 1 amide bonds. The molecule has 0 saturated carbocycles. The Morgan fingerprint density at radius 2 is 1.58 bits per heavy atom. The van der Waals surface area contributed by atoms with Crippen LogP contribution in [0.25, 0.3) is 0 Å². The summed E-state index contributed by atoms with van der Waals surface area (Å²) < 4.78 is 46.3. The minimum absolute atomic E-state index is 0.0853. The van der Waals surface area contributed by atoms with Crippen LogP contribution >= 0.6 is 0 Å². The first-order valence-corrected chi connectivity index (χ1v) is 13.0. The second kappa shape index (κ2) is 8.12. The molecule has 3 fully saturated rings. The summed E-state index contributed by atoms with van der Waals surface area (Å²) in [6.45, 7) is 3.13. The van der Waals surface area contributed by atoms with Gasteiger partial charge in [0.1, 0.15) is 0 Å². The Bertz CT molecular complexity index is 701. The van der Waals surface area contributed by atoms with Crippen LogP contribution in [-0.4, -0.2) is 100 Å². The van der Waals surface area contributed by atoms with E-state index < -0.39 is 19.7 Å². The fourth-order valence-electron chi connectivity index (χ4n) is 4.20. The summed E-state index contributed by atoms with van der Waals surface area (Å²) in [7, 11) is -5.84. The number of hydrogen-bond donors (Lipinski definition) is 1. The number of rotatable bonds is 7. The van der Waals surface area contributed by atoms with E-state index in [1.54, 1.807) is 4.90 Å². The molecule has 0 bridgehead atoms. The highest BCUT2D eigenvalue weighted by Gasteiger charge is 2.33. The van der Waals surface area contributed by atoms with E-state index in [0.29, 0.717) is 31.2 Å². The van der Waals surface area contributed by atoms with Gasteiger partial charge in [-0.3, -0.25) is 4.79 Å². The van der Waals surface area contributed by atoms with E-state index in [2.05, 4.69) is 10.2 Å². The van der Waals surface area contributed by atoms with Gasteiger partial charge in [-0.2, -0.15) is 0 Å². The second-order valence-corrected chi connectivity index (χ2v) is 12.2. The van der Waals surface area contributed by atoms with Crippen LogP contribution in [0.5, 0.6) is 0 Å². The molecular formula is C16H29N3O5S2. The molecule has 0 radical (unpaired) electrons. The minimum atomic E-state index is -2.99. The molecule has 0 aromatic heterocycles. The topological polar surface area (TPSA) is 104 Å². The number of carbonyl (C=O) groups is 1. The largest absolute Gasteiger partial charge is 0.340 e. The highest BCUT2D eigenvalue weighted by atomic mass is 32.2. The molecule has 1 N–H and O–H groups in total. The Kier molecular flexibility index (Phi) is 6.25. The maximum Gasteiger partial charge on any atom is 0.210 e. The lowest BCUT2D eigenvalue weighted by atomic mass is 10.0. The van der Waals surface area contributed by atoms with Crippen molar-refractivity contribution >= 4 is 26.1 Å². The Morgan fingerprint density at radius 1 is 0.923 bits per heavy atom. The van der Waals surface area contributed by atoms with E-state index >= 15 is 0 Å². The fourth-order valence-corrected chi connectivity index (χ4v) is 7.63. The van der Waals surface area contributed by atoms with Gasteiger partial charge < -0.3 is 15.1 Å². The van der Waals surface area contributed by atoms with Crippen molar-refractivity contribution in [2.24, 2.45) is 0 Å². The SMILES string of the molecule is O=CN(CCN1CCC(N[C@@H]2CCS(=O)(=O)C2)CC1)[C@@H]1CCS(=O)(=O)C1. The van der Waals surface area contributed by atoms with Crippen molar-refractivity contribution in [1.29, 1.82) is 0 Å². The molecule has 0 aromatic rings. The predicted molar refractivity (Wildman–Crippen MR) is 99.5 cm³/mol. The summed E-state index contributed by atoms with van der Waals surface area (Å²) in [4.78, 5) is 15.3. The number of nitrogens with one attached hydrogen (secondary N) is 1. The van der Waals surface area contributed by atoms with Gasteiger partial charge in [-0.15, -0.1) is 0 Å². The van der Waals surface area contributed by atoms with E-state index in [-0.39, 0.29) is 29.3 Å². The van der Waals surface area contributed by atoms with Crippen LogP contribution in [-0.2, 0) is 24.5 Å². The van der Waals surface area contributed by atoms with Gasteiger partial charge in [0.05, 0.1) is 23.0 Å². The molecule has 2 atom stereocenters. The summed E-state index contributed by atoms with van der Waals surface area (Å²) in [5, 5.41) is 3.48. The van der Waals surface area contributed by atoms with Gasteiger partial charge in [-0.25, -0.2) is 16.8 Å². The molecule has 0 aromatic carbocycles. The summed E-state index contributed by atoms with van der Waals surface area (Å²) in [6, 6.07) is 0.263. The predicted octanol–water partition coefficient (Wildman–Crippen LogP) is -1.13. The normalized spacial score (nSPS) is 31.8. The Morgan fingerprint density at radius 3 is 2.12 bits per heavy atom. The Labute approximate surface area is 156 Å². The van der Waals surface area contributed by atoms with E-state index in [1.165, 1.54) is 0 Å². The zero-order valence-corrected chi connectivity index (χ0v) is 16.7. The van der Waals surface area contributed by atoms with Crippen molar-refractivity contribution in [2.45, 2.75) is 43.8 Å². The fraction of sp³-hybridized carbons (Fsp3) is 0.938. The molecule has 150 valence electrons. The number of hydrogen-bond acceptors (Lipinski definition) is 7. The molecule has 0 spiro atoms. The van der Waals surface area contributed by atoms with Crippen molar-refractivity contribution in [3.05, 3.63) is 0 Å². The quantitative estimate of drug-likeness (QED) is 0.533. The first-order valence-electron chi connectivity index (χ1n) is 9.37. The molecule has 3 heterocycles. The number of piperidine rings is 1. The number of likely N-dealkylation sites (tertiary alicyclic amines) is 1. The lowest BCUT2D eigenvalue weighted by Gasteiger charge is -2.35. The molecule has 0 unspecified atom stereocenters. The van der Waals surface area contributed by atoms with Gasteiger partial charge in [0.15, 0.2) is 19.7 Å². The molecule has 3 aliphatic rings. The zero-order chi connectivity index (χ0) is 18.8. The maximum atomic E-state index is 11.6. The van der Waals surface area contributed by atoms with Crippen LogP contribution in [0.3, 0.4) is 0 Å². The van der Waals surface area contributed by atoms with Gasteiger partial charge in [0, 0.05) is 31.2 Å². The van der Waals surface area contributed by atoms with Gasteiger partial charge in [0.25, 0.3) is 0 Å². The van der Waals surface area contributed by atoms with Crippen LogP contribution in [0, 0.1) is 0 Å². The van der Waals surface area contributed by atoms with E-state index in [9.17, 15) is 21.6 Å². The number of nitrogens with zero attached hydrogens (tertiary/aromatic N) is 2. The molecule has 0 aliphatic carbocycles. The maximum absolute atomic E-state index is 11.6. The number of carbonyl (C=O) groups excluding carboxylic acids is 1. The molecule has 26 heavy (non-hydrogen) atoms. The Balaban J connectivity index is 1.38. The molecule has 3 rings (SSSR count). The zero-order valence-electron chi connectivity index (χ0n) is 15.0. The van der Waals surface area contributed by atoms with Gasteiger partial charge in [-0.05, 0) is 38.8 Å². The summed E-state index contributed by atoms with van der Waals surface area (Å²) in [6.07, 6.45) is 3.96. The average molecular weight is 408 g/mol. The lowest BCUT2D eigenvalue weighted by Crippen LogP contribution is -2.48. The molecular weight excluding hydrogens is 378 g/mol. The van der Waals surface area contributed by atoms with Crippen LogP contribution in [0.2, 0.25) is 0 Å². The molecule has 3 saturated heterocycles. The van der Waals surface area contributed by atoms with Crippen molar-refractivity contribution in [3.8, 4) is 0 Å². The number of amides is 1. The van der Waals surface area contributed by atoms with Crippen LogP contribution in [0.4, 0.5) is 0 Å². The first kappa shape index (κ1) is 20.0. The standard InChI is InChI=1S/C16H29N3O5S2/c20-13-19(16-4-10-26(23,24)12-16)8-7-18-5-1-14(2-6-18)17-15-3-9-25(21,22)11-15/h13-17H,1-12H2/t15-,16-/m1/s1. The second-order valence-electron chi connectivity index (χ2n) is 7.78. The van der Waals surface area contributed by atoms with Gasteiger partial charge in [0.2, 0.25) is 6.41 Å². The molecule has 8 nitrogen and oxygen atoms in total. The third-order valence-electron chi connectivity index (χ3n) is 5.78. The van der Waals surface area contributed by atoms with Crippen molar-refractivity contribution < 1.29 is 21.6 Å². The number of sulfone groups is 2. The van der Waals surface area contributed by atoms with Crippen LogP contribution in [0.1, 0.15) is 25.7 Å². The minimum Gasteiger partial charge on any atom is -0.340 e. The van der Waals surface area contributed by atoms with E-state index in [0.717, 1.165) is 38.9 Å². The summed E-state index contributed by atoms with van der Waals surface area (Å²) >= 11 is 0. The highest BCUT2D eigenvalue weighted by Crippen LogP contribution is 2.18. The van der Waals surface area contributed by atoms with Crippen LogP contribution in [0.15, 0.2) is 0 Å². The lowest BCUT2D eigenvalue weighted by molar-refractivity contribution is -0.120. The van der Waals surface area contributed by atoms with Crippen LogP contribution < -0.4 is 5.32 Å². The third kappa shape index (κ3) is 5.40. The smallest absolute Gasteiger partial charge is 0.210 e. The Hall–Kier alpha value is -0.710. The van der Waals surface area contributed by atoms with Crippen molar-refractivity contribution in [2.75, 3.05) is 49.2 Å². The summed E-state index contributed by atoms with van der Waals surface area (Å²) in [5.41, 5.74) is 0. The first-order chi connectivity index (χ1) is 12.3. The van der Waals surface area contributed by atoms with Gasteiger partial charge in [-0.1, -0.05) is 0 Å². The third-order valence-corrected chi connectivity index (χ3v) is 9.30. The molecule has 10 heteroatoms. The highest BCUT2D eigenvalue weighted by molar-refractivity contribution is 7.91. The van der Waals surface area contributed by atoms with Gasteiger partial charge >= 0.3 is 0 Å². The van der Waals surface area contributed by atoms with E-state index in [1.807, 2.05) is 0 Å².